The van der Waals surface area contributed by atoms with Gasteiger partial charge in [0.05, 0.1) is 11.1 Å². The molecular weight excluding hydrogens is 300 g/mol. The van der Waals surface area contributed by atoms with Crippen LogP contribution in [0.4, 0.5) is 5.82 Å². The van der Waals surface area contributed by atoms with Crippen molar-refractivity contribution >= 4 is 33.5 Å². The third-order valence-corrected chi connectivity index (χ3v) is 3.57. The van der Waals surface area contributed by atoms with Crippen LogP contribution in [0.5, 0.6) is 0 Å². The van der Waals surface area contributed by atoms with E-state index in [4.69, 9.17) is 5.73 Å². The van der Waals surface area contributed by atoms with Crippen LogP contribution < -0.4 is 5.73 Å². The fourth-order valence-electron chi connectivity index (χ4n) is 1.36. The minimum Gasteiger partial charge on any atom is -0.383 e. The minimum absolute atomic E-state index is 0.479. The van der Waals surface area contributed by atoms with Gasteiger partial charge in [-0.1, -0.05) is 13.8 Å². The van der Waals surface area contributed by atoms with E-state index < -0.39 is 0 Å². The number of aromatic nitrogens is 3. The maximum Gasteiger partial charge on any atom is 0.155 e. The van der Waals surface area contributed by atoms with Crippen LogP contribution in [0.1, 0.15) is 13.8 Å². The Morgan fingerprint density at radius 1 is 1.35 bits per heavy atom. The molecule has 0 radical (unpaired) electrons. The molecule has 90 valence electrons. The van der Waals surface area contributed by atoms with Crippen LogP contribution in [0.3, 0.4) is 0 Å². The van der Waals surface area contributed by atoms with Crippen molar-refractivity contribution in [3.8, 4) is 5.82 Å². The molecule has 2 aromatic heterocycles. The molecular formula is C11H13BrN4S. The summed E-state index contributed by atoms with van der Waals surface area (Å²) in [7, 11) is 0. The molecule has 0 unspecified atom stereocenters. The van der Waals surface area contributed by atoms with Crippen LogP contribution >= 0.6 is 27.7 Å². The zero-order valence-electron chi connectivity index (χ0n) is 9.59. The average Bonchev–Trinajstić information content (AvgIpc) is 2.61. The van der Waals surface area contributed by atoms with E-state index in [-0.39, 0.29) is 0 Å². The van der Waals surface area contributed by atoms with Crippen LogP contribution in [0.25, 0.3) is 5.82 Å². The summed E-state index contributed by atoms with van der Waals surface area (Å²) in [6.07, 6.45) is 3.51. The van der Waals surface area contributed by atoms with Crippen LogP contribution in [0.15, 0.2) is 33.9 Å². The topological polar surface area (TPSA) is 56.7 Å². The molecule has 0 aliphatic carbocycles. The van der Waals surface area contributed by atoms with Crippen molar-refractivity contribution in [2.24, 2.45) is 0 Å². The Balaban J connectivity index is 2.33. The molecule has 0 aliphatic rings. The monoisotopic (exact) mass is 312 g/mol. The van der Waals surface area contributed by atoms with Gasteiger partial charge >= 0.3 is 0 Å². The third-order valence-electron chi connectivity index (χ3n) is 2.06. The van der Waals surface area contributed by atoms with Gasteiger partial charge in [0.1, 0.15) is 5.82 Å². The first-order chi connectivity index (χ1) is 8.08. The fraction of sp³-hybridized carbons (Fsp3) is 0.273. The molecule has 0 saturated carbocycles. The molecule has 0 spiro atoms. The van der Waals surface area contributed by atoms with Gasteiger partial charge in [0.15, 0.2) is 5.82 Å². The van der Waals surface area contributed by atoms with E-state index in [1.165, 1.54) is 0 Å². The molecule has 2 N–H and O–H groups in total. The Morgan fingerprint density at radius 2 is 2.12 bits per heavy atom. The second kappa shape index (κ2) is 5.10. The summed E-state index contributed by atoms with van der Waals surface area (Å²) in [5.74, 6) is 1.36. The van der Waals surface area contributed by atoms with Crippen molar-refractivity contribution in [2.45, 2.75) is 24.0 Å². The van der Waals surface area contributed by atoms with Gasteiger partial charge in [0.2, 0.25) is 0 Å². The number of halogens is 1. The largest absolute Gasteiger partial charge is 0.383 e. The summed E-state index contributed by atoms with van der Waals surface area (Å²) in [6.45, 7) is 4.25. The Labute approximate surface area is 113 Å². The highest BCUT2D eigenvalue weighted by Gasteiger charge is 2.11. The first-order valence-electron chi connectivity index (χ1n) is 5.20. The summed E-state index contributed by atoms with van der Waals surface area (Å²) in [5, 5.41) is 4.74. The summed E-state index contributed by atoms with van der Waals surface area (Å²) in [6, 6.07) is 3.79. The van der Waals surface area contributed by atoms with Gasteiger partial charge < -0.3 is 5.73 Å². The molecule has 0 amide bonds. The van der Waals surface area contributed by atoms with Gasteiger partial charge in [-0.15, -0.1) is 11.8 Å². The van der Waals surface area contributed by atoms with Crippen LogP contribution in [-0.2, 0) is 0 Å². The standard InChI is InChI=1S/C11H13BrN4S/c1-7(2)17-9-6-15-16(11(9)13)10-4-3-8(12)5-14-10/h3-7H,13H2,1-2H3. The predicted molar refractivity (Wildman–Crippen MR) is 74.5 cm³/mol. The summed E-state index contributed by atoms with van der Waals surface area (Å²) in [5.41, 5.74) is 6.05. The molecule has 0 bridgehead atoms. The molecule has 6 heteroatoms. The molecule has 0 saturated heterocycles. The molecule has 2 heterocycles. The number of nitrogens with zero attached hydrogens (tertiary/aromatic N) is 3. The lowest BCUT2D eigenvalue weighted by atomic mass is 10.4. The van der Waals surface area contributed by atoms with Gasteiger partial charge in [-0.05, 0) is 28.1 Å². The van der Waals surface area contributed by atoms with Gasteiger partial charge in [-0.3, -0.25) is 0 Å². The highest BCUT2D eigenvalue weighted by molar-refractivity contribution is 9.10. The molecule has 4 nitrogen and oxygen atoms in total. The van der Waals surface area contributed by atoms with Crippen LogP contribution in [0.2, 0.25) is 0 Å². The van der Waals surface area contributed by atoms with E-state index in [0.29, 0.717) is 11.1 Å². The average molecular weight is 313 g/mol. The number of rotatable bonds is 3. The Morgan fingerprint density at radius 3 is 2.71 bits per heavy atom. The number of anilines is 1. The lowest BCUT2D eigenvalue weighted by molar-refractivity contribution is 0.856. The van der Waals surface area contributed by atoms with E-state index in [9.17, 15) is 0 Å². The van der Waals surface area contributed by atoms with Gasteiger partial charge in [-0.2, -0.15) is 9.78 Å². The Kier molecular flexibility index (Phi) is 3.73. The molecule has 0 atom stereocenters. The van der Waals surface area contributed by atoms with Gasteiger partial charge in [0.25, 0.3) is 0 Å². The third kappa shape index (κ3) is 2.81. The lowest BCUT2D eigenvalue weighted by Gasteiger charge is -2.05. The number of hydrogen-bond donors (Lipinski definition) is 1. The van der Waals surface area contributed by atoms with Crippen molar-refractivity contribution in [1.82, 2.24) is 14.8 Å². The van der Waals surface area contributed by atoms with E-state index >= 15 is 0 Å². The fourth-order valence-corrected chi connectivity index (χ4v) is 2.42. The number of nitrogens with two attached hydrogens (primary N) is 1. The van der Waals surface area contributed by atoms with Crippen molar-refractivity contribution in [2.75, 3.05) is 5.73 Å². The minimum atomic E-state index is 0.479. The SMILES string of the molecule is CC(C)Sc1cnn(-c2ccc(Br)cn2)c1N. The number of thioether (sulfide) groups is 1. The van der Waals surface area contributed by atoms with E-state index in [2.05, 4.69) is 39.9 Å². The first kappa shape index (κ1) is 12.4. The number of nitrogen functional groups attached to an aromatic ring is 1. The zero-order chi connectivity index (χ0) is 12.4. The normalized spacial score (nSPS) is 11.1. The smallest absolute Gasteiger partial charge is 0.155 e. The Bertz CT molecular complexity index is 507. The number of hydrogen-bond acceptors (Lipinski definition) is 4. The zero-order valence-corrected chi connectivity index (χ0v) is 12.0. The van der Waals surface area contributed by atoms with Crippen LogP contribution in [-0.4, -0.2) is 20.0 Å². The van der Waals surface area contributed by atoms with Crippen molar-refractivity contribution in [1.29, 1.82) is 0 Å². The van der Waals surface area contributed by atoms with Crippen LogP contribution in [0, 0.1) is 0 Å². The molecule has 2 aromatic rings. The van der Waals surface area contributed by atoms with E-state index in [1.807, 2.05) is 12.1 Å². The Hall–Kier alpha value is -1.01. The lowest BCUT2D eigenvalue weighted by Crippen LogP contribution is -2.04. The maximum atomic E-state index is 6.05. The summed E-state index contributed by atoms with van der Waals surface area (Å²) in [4.78, 5) is 5.26. The predicted octanol–water partition coefficient (Wildman–Crippen LogP) is 3.11. The first-order valence-corrected chi connectivity index (χ1v) is 6.87. The molecule has 0 fully saturated rings. The molecule has 17 heavy (non-hydrogen) atoms. The second-order valence-electron chi connectivity index (χ2n) is 3.81. The number of pyridine rings is 1. The van der Waals surface area contributed by atoms with Crippen molar-refractivity contribution in [3.63, 3.8) is 0 Å². The molecule has 0 aromatic carbocycles. The molecule has 2 rings (SSSR count). The quantitative estimate of drug-likeness (QED) is 0.885. The molecule has 0 aliphatic heterocycles. The highest BCUT2D eigenvalue weighted by atomic mass is 79.9. The summed E-state index contributed by atoms with van der Waals surface area (Å²) < 4.78 is 2.58. The van der Waals surface area contributed by atoms with Crippen molar-refractivity contribution in [3.05, 3.63) is 29.0 Å². The highest BCUT2D eigenvalue weighted by Crippen LogP contribution is 2.29. The van der Waals surface area contributed by atoms with Gasteiger partial charge in [0, 0.05) is 15.9 Å². The maximum absolute atomic E-state index is 6.05. The summed E-state index contributed by atoms with van der Waals surface area (Å²) >= 11 is 5.05. The van der Waals surface area contributed by atoms with E-state index in [0.717, 1.165) is 15.2 Å². The van der Waals surface area contributed by atoms with E-state index in [1.54, 1.807) is 28.8 Å². The van der Waals surface area contributed by atoms with Gasteiger partial charge in [-0.25, -0.2) is 4.98 Å². The second-order valence-corrected chi connectivity index (χ2v) is 6.34. The van der Waals surface area contributed by atoms with Crippen molar-refractivity contribution < 1.29 is 0 Å².